The highest BCUT2D eigenvalue weighted by Gasteiger charge is 2.48. The van der Waals surface area contributed by atoms with Crippen molar-refractivity contribution in [2.75, 3.05) is 7.11 Å². The number of unbranched alkanes of at least 4 members (excludes halogenated alkanes) is 4. The molecule has 0 bridgehead atoms. The average molecular weight is 569 g/mol. The van der Waals surface area contributed by atoms with Crippen molar-refractivity contribution in [2.45, 2.75) is 155 Å². The van der Waals surface area contributed by atoms with Crippen LogP contribution >= 0.6 is 0 Å². The molecule has 0 aromatic carbocycles. The van der Waals surface area contributed by atoms with Crippen LogP contribution in [-0.2, 0) is 23.5 Å². The molecule has 228 valence electrons. The predicted octanol–water partition coefficient (Wildman–Crippen LogP) is 8.01. The Balaban J connectivity index is 2.68. The minimum atomic E-state index is -2.20. The van der Waals surface area contributed by atoms with Crippen molar-refractivity contribution in [2.24, 2.45) is 23.7 Å². The number of esters is 1. The number of aliphatic hydroxyl groups is 1. The lowest BCUT2D eigenvalue weighted by atomic mass is 9.63. The lowest BCUT2D eigenvalue weighted by Gasteiger charge is -2.42. The van der Waals surface area contributed by atoms with Gasteiger partial charge < -0.3 is 14.3 Å². The van der Waals surface area contributed by atoms with Crippen LogP contribution in [0.1, 0.15) is 132 Å². The maximum atomic E-state index is 13.0. The SMILES string of the molecule is COC(=O)CCCCCC(O)[C@@H]1C(=O)CC[C@H](C(C)C)[C@H]1CCCCCC(=O)O[Si](C(C)C)(C(C)C)C(C)C. The summed E-state index contributed by atoms with van der Waals surface area (Å²) in [6.45, 7) is 17.6. The molecule has 1 aliphatic carbocycles. The molecule has 0 heterocycles. The standard InChI is InChI=1S/C32H60O6Si/c1-22(2)26-20-21-29(34)32(28(33)17-13-11-14-18-30(35)37-9)27(26)16-12-10-15-19-31(36)38-39(23(3)4,24(5)6)25(7)8/h22-28,32-33H,10-21H2,1-9H3/t26-,27-,28?,32-/m1/s1. The molecule has 4 atom stereocenters. The molecule has 1 saturated carbocycles. The molecule has 0 aromatic heterocycles. The zero-order valence-electron chi connectivity index (χ0n) is 26.6. The second-order valence-electron chi connectivity index (χ2n) is 13.2. The molecule has 0 saturated heterocycles. The van der Waals surface area contributed by atoms with Crippen LogP contribution in [0.2, 0.25) is 16.6 Å². The van der Waals surface area contributed by atoms with Gasteiger partial charge in [0.2, 0.25) is 0 Å². The van der Waals surface area contributed by atoms with Crippen molar-refractivity contribution >= 4 is 26.0 Å². The first kappa shape index (κ1) is 35.8. The summed E-state index contributed by atoms with van der Waals surface area (Å²) in [5.74, 6) is 0.742. The molecule has 0 spiro atoms. The first-order chi connectivity index (χ1) is 18.3. The van der Waals surface area contributed by atoms with Gasteiger partial charge in [-0.15, -0.1) is 0 Å². The summed E-state index contributed by atoms with van der Waals surface area (Å²) in [5.41, 5.74) is 1.15. The fraction of sp³-hybridized carbons (Fsp3) is 0.906. The van der Waals surface area contributed by atoms with Crippen LogP contribution in [-0.4, -0.2) is 44.4 Å². The van der Waals surface area contributed by atoms with Gasteiger partial charge in [0.25, 0.3) is 14.3 Å². The monoisotopic (exact) mass is 568 g/mol. The summed E-state index contributed by atoms with van der Waals surface area (Å²) < 4.78 is 11.0. The Morgan fingerprint density at radius 2 is 1.38 bits per heavy atom. The fourth-order valence-corrected chi connectivity index (χ4v) is 12.6. The fourth-order valence-electron chi connectivity index (χ4n) is 7.43. The summed E-state index contributed by atoms with van der Waals surface area (Å²) in [7, 11) is -0.800. The van der Waals surface area contributed by atoms with E-state index in [-0.39, 0.29) is 29.6 Å². The van der Waals surface area contributed by atoms with Gasteiger partial charge in [0.05, 0.1) is 13.2 Å². The van der Waals surface area contributed by atoms with E-state index in [1.807, 2.05) is 0 Å². The number of carbonyl (C=O) groups excluding carboxylic acids is 3. The number of ether oxygens (including phenoxy) is 1. The molecule has 1 aliphatic rings. The van der Waals surface area contributed by atoms with Gasteiger partial charge in [-0.2, -0.15) is 0 Å². The second-order valence-corrected chi connectivity index (χ2v) is 18.6. The van der Waals surface area contributed by atoms with Crippen molar-refractivity contribution in [3.05, 3.63) is 0 Å². The lowest BCUT2D eigenvalue weighted by Crippen LogP contribution is -2.49. The second kappa shape index (κ2) is 17.6. The van der Waals surface area contributed by atoms with Crippen molar-refractivity contribution in [1.82, 2.24) is 0 Å². The number of ketones is 1. The molecule has 7 heteroatoms. The molecular formula is C32H60O6Si. The normalized spacial score (nSPS) is 21.2. The summed E-state index contributed by atoms with van der Waals surface area (Å²) >= 11 is 0. The highest BCUT2D eigenvalue weighted by molar-refractivity contribution is 6.78. The molecule has 0 radical (unpaired) electrons. The summed E-state index contributed by atoms with van der Waals surface area (Å²) in [4.78, 5) is 37.2. The molecule has 1 rings (SSSR count). The van der Waals surface area contributed by atoms with E-state index >= 15 is 0 Å². The number of hydrogen-bond donors (Lipinski definition) is 1. The highest BCUT2D eigenvalue weighted by atomic mass is 28.4. The third-order valence-corrected chi connectivity index (χ3v) is 15.4. The van der Waals surface area contributed by atoms with Crippen molar-refractivity contribution in [3.63, 3.8) is 0 Å². The van der Waals surface area contributed by atoms with Crippen LogP contribution in [0, 0.1) is 23.7 Å². The Morgan fingerprint density at radius 3 is 1.90 bits per heavy atom. The Morgan fingerprint density at radius 1 is 0.846 bits per heavy atom. The molecule has 1 fully saturated rings. The van der Waals surface area contributed by atoms with Gasteiger partial charge in [-0.1, -0.05) is 81.1 Å². The van der Waals surface area contributed by atoms with E-state index in [4.69, 9.17) is 9.16 Å². The van der Waals surface area contributed by atoms with Gasteiger partial charge in [0.1, 0.15) is 5.78 Å². The average Bonchev–Trinajstić information content (AvgIpc) is 2.85. The highest BCUT2D eigenvalue weighted by Crippen LogP contribution is 2.44. The number of carbonyl (C=O) groups is 3. The number of methoxy groups -OCH3 is 1. The first-order valence-electron chi connectivity index (χ1n) is 15.8. The van der Waals surface area contributed by atoms with E-state index in [0.717, 1.165) is 51.4 Å². The third kappa shape index (κ3) is 10.6. The minimum Gasteiger partial charge on any atom is -0.518 e. The quantitative estimate of drug-likeness (QED) is 0.102. The number of Topliss-reactive ketones (excluding diaryl/α,β-unsaturated/α-hetero) is 1. The number of aliphatic hydroxyl groups excluding tert-OH is 1. The van der Waals surface area contributed by atoms with Crippen LogP contribution in [0.4, 0.5) is 0 Å². The van der Waals surface area contributed by atoms with Gasteiger partial charge in [-0.25, -0.2) is 0 Å². The van der Waals surface area contributed by atoms with Crippen LogP contribution in [0.15, 0.2) is 0 Å². The van der Waals surface area contributed by atoms with Crippen molar-refractivity contribution in [1.29, 1.82) is 0 Å². The maximum Gasteiger partial charge on any atom is 0.305 e. The Bertz CT molecular complexity index is 725. The van der Waals surface area contributed by atoms with Crippen LogP contribution in [0.25, 0.3) is 0 Å². The summed E-state index contributed by atoms with van der Waals surface area (Å²) in [6.07, 6.45) is 8.28. The van der Waals surface area contributed by atoms with Gasteiger partial charge in [0, 0.05) is 25.2 Å². The Kier molecular flexibility index (Phi) is 16.1. The minimum absolute atomic E-state index is 0.0498. The molecule has 6 nitrogen and oxygen atoms in total. The van der Waals surface area contributed by atoms with E-state index in [0.29, 0.717) is 54.1 Å². The van der Waals surface area contributed by atoms with E-state index in [1.54, 1.807) is 0 Å². The molecule has 0 amide bonds. The Labute approximate surface area is 240 Å². The molecule has 0 aliphatic heterocycles. The Hall–Kier alpha value is -1.21. The van der Waals surface area contributed by atoms with E-state index in [9.17, 15) is 19.5 Å². The largest absolute Gasteiger partial charge is 0.518 e. The topological polar surface area (TPSA) is 89.9 Å². The summed E-state index contributed by atoms with van der Waals surface area (Å²) in [6, 6.07) is 0. The van der Waals surface area contributed by atoms with Crippen molar-refractivity contribution < 1.29 is 28.7 Å². The van der Waals surface area contributed by atoms with Crippen LogP contribution < -0.4 is 0 Å². The zero-order chi connectivity index (χ0) is 29.8. The molecular weight excluding hydrogens is 508 g/mol. The van der Waals surface area contributed by atoms with Crippen LogP contribution in [0.3, 0.4) is 0 Å². The first-order valence-corrected chi connectivity index (χ1v) is 17.9. The smallest absolute Gasteiger partial charge is 0.305 e. The summed E-state index contributed by atoms with van der Waals surface area (Å²) in [5, 5.41) is 11.1. The lowest BCUT2D eigenvalue weighted by molar-refractivity contribution is -0.140. The molecule has 1 unspecified atom stereocenters. The number of hydrogen-bond acceptors (Lipinski definition) is 6. The molecule has 0 aromatic rings. The van der Waals surface area contributed by atoms with Gasteiger partial charge in [0.15, 0.2) is 0 Å². The van der Waals surface area contributed by atoms with Crippen molar-refractivity contribution in [3.8, 4) is 0 Å². The van der Waals surface area contributed by atoms with E-state index in [2.05, 4.69) is 55.4 Å². The maximum absolute atomic E-state index is 13.0. The molecule has 1 N–H and O–H groups in total. The predicted molar refractivity (Wildman–Crippen MR) is 161 cm³/mol. The van der Waals surface area contributed by atoms with E-state index in [1.165, 1.54) is 7.11 Å². The third-order valence-electron chi connectivity index (χ3n) is 9.40. The van der Waals surface area contributed by atoms with Crippen LogP contribution in [0.5, 0.6) is 0 Å². The zero-order valence-corrected chi connectivity index (χ0v) is 27.6. The van der Waals surface area contributed by atoms with Gasteiger partial charge in [-0.05, 0) is 66.5 Å². The number of rotatable bonds is 18. The van der Waals surface area contributed by atoms with Gasteiger partial charge >= 0.3 is 5.97 Å². The van der Waals surface area contributed by atoms with Gasteiger partial charge in [-0.3, -0.25) is 14.4 Å². The molecule has 39 heavy (non-hydrogen) atoms. The van der Waals surface area contributed by atoms with E-state index < -0.39 is 14.4 Å².